The summed E-state index contributed by atoms with van der Waals surface area (Å²) in [6.45, 7) is 0. The minimum Gasteiger partial charge on any atom is -0.490 e. The molecule has 5 heteroatoms. The van der Waals surface area contributed by atoms with Crippen LogP contribution < -0.4 is 10.1 Å². The second-order valence-electron chi connectivity index (χ2n) is 10.1. The van der Waals surface area contributed by atoms with Crippen LogP contribution >= 0.6 is 0 Å². The molecule has 0 aromatic heterocycles. The van der Waals surface area contributed by atoms with Crippen LogP contribution in [0, 0.1) is 29.6 Å². The summed E-state index contributed by atoms with van der Waals surface area (Å²) in [5, 5.41) is 12.5. The Kier molecular flexibility index (Phi) is 5.46. The molecule has 1 amide bonds. The number of hydrogen-bond donors (Lipinski definition) is 2. The van der Waals surface area contributed by atoms with E-state index in [9.17, 15) is 9.59 Å². The topological polar surface area (TPSA) is 75.6 Å². The van der Waals surface area contributed by atoms with Gasteiger partial charge in [0.15, 0.2) is 0 Å². The molecule has 162 valence electrons. The zero-order valence-corrected chi connectivity index (χ0v) is 17.6. The first kappa shape index (κ1) is 19.9. The highest BCUT2D eigenvalue weighted by atomic mass is 16.5. The van der Waals surface area contributed by atoms with Gasteiger partial charge in [-0.15, -0.1) is 0 Å². The summed E-state index contributed by atoms with van der Waals surface area (Å²) >= 11 is 0. The Morgan fingerprint density at radius 1 is 0.900 bits per heavy atom. The van der Waals surface area contributed by atoms with Crippen LogP contribution in [0.2, 0.25) is 0 Å². The van der Waals surface area contributed by atoms with E-state index in [0.717, 1.165) is 30.4 Å². The SMILES string of the molecule is O=C(NC1C2CC3CCCC1C(C3)C2)c1ccc(OC2CCC(C(=O)O)CC2)cc1. The van der Waals surface area contributed by atoms with Crippen molar-refractivity contribution in [2.75, 3.05) is 0 Å². The van der Waals surface area contributed by atoms with E-state index in [1.165, 1.54) is 38.5 Å². The van der Waals surface area contributed by atoms with Gasteiger partial charge in [0.2, 0.25) is 0 Å². The van der Waals surface area contributed by atoms with Crippen LogP contribution in [0.15, 0.2) is 24.3 Å². The lowest BCUT2D eigenvalue weighted by Gasteiger charge is -2.30. The number of aliphatic carboxylic acids is 1. The van der Waals surface area contributed by atoms with Crippen LogP contribution in [0.5, 0.6) is 5.75 Å². The number of benzene rings is 1. The lowest BCUT2D eigenvalue weighted by atomic mass is 9.79. The predicted molar refractivity (Wildman–Crippen MR) is 113 cm³/mol. The molecular formula is C25H33NO4. The smallest absolute Gasteiger partial charge is 0.306 e. The lowest BCUT2D eigenvalue weighted by Crippen LogP contribution is -2.42. The Bertz CT molecular complexity index is 783. The van der Waals surface area contributed by atoms with E-state index < -0.39 is 5.97 Å². The molecule has 4 saturated carbocycles. The largest absolute Gasteiger partial charge is 0.490 e. The average Bonchev–Trinajstić information content (AvgIpc) is 2.88. The number of fused-ring (bicyclic) bond motifs is 2. The molecule has 30 heavy (non-hydrogen) atoms. The van der Waals surface area contributed by atoms with E-state index in [-0.39, 0.29) is 17.9 Å². The third-order valence-electron chi connectivity index (χ3n) is 8.34. The summed E-state index contributed by atoms with van der Waals surface area (Å²) in [7, 11) is 0. The van der Waals surface area contributed by atoms with Gasteiger partial charge in [-0.25, -0.2) is 0 Å². The van der Waals surface area contributed by atoms with E-state index in [0.29, 0.717) is 36.3 Å². The molecule has 3 bridgehead atoms. The van der Waals surface area contributed by atoms with Crippen molar-refractivity contribution in [2.45, 2.75) is 76.4 Å². The van der Waals surface area contributed by atoms with Crippen molar-refractivity contribution >= 4 is 11.9 Å². The minimum absolute atomic E-state index is 0.0446. The van der Waals surface area contributed by atoms with E-state index in [1.807, 2.05) is 24.3 Å². The van der Waals surface area contributed by atoms with Gasteiger partial charge in [0, 0.05) is 11.6 Å². The van der Waals surface area contributed by atoms with Gasteiger partial charge >= 0.3 is 5.97 Å². The summed E-state index contributed by atoms with van der Waals surface area (Å²) < 4.78 is 6.04. The molecule has 0 aliphatic heterocycles. The Hall–Kier alpha value is -2.04. The average molecular weight is 412 g/mol. The van der Waals surface area contributed by atoms with Gasteiger partial charge in [0.05, 0.1) is 12.0 Å². The Morgan fingerprint density at radius 2 is 1.63 bits per heavy atom. The first-order valence-electron chi connectivity index (χ1n) is 11.9. The molecular weight excluding hydrogens is 378 g/mol. The van der Waals surface area contributed by atoms with Gasteiger partial charge in [-0.3, -0.25) is 9.59 Å². The maximum atomic E-state index is 12.9. The monoisotopic (exact) mass is 411 g/mol. The number of ether oxygens (including phenoxy) is 1. The molecule has 2 N–H and O–H groups in total. The standard InChI is InChI=1S/C25H33NO4/c27-24(26-23-19-13-15-2-1-3-22(23)18(12-15)14-19)16-4-8-20(9-5-16)30-21-10-6-17(7-11-21)25(28)29/h4-5,8-9,15,17-19,21-23H,1-3,6-7,10-14H2,(H,26,27)(H,28,29). The lowest BCUT2D eigenvalue weighted by molar-refractivity contribution is -0.143. The Morgan fingerprint density at radius 3 is 2.37 bits per heavy atom. The van der Waals surface area contributed by atoms with E-state index in [2.05, 4.69) is 5.32 Å². The molecule has 1 aromatic rings. The predicted octanol–water partition coefficient (Wildman–Crippen LogP) is 4.65. The molecule has 4 aliphatic carbocycles. The zero-order valence-electron chi connectivity index (χ0n) is 17.6. The first-order valence-corrected chi connectivity index (χ1v) is 11.9. The van der Waals surface area contributed by atoms with Crippen molar-refractivity contribution in [3.05, 3.63) is 29.8 Å². The van der Waals surface area contributed by atoms with Crippen molar-refractivity contribution in [1.29, 1.82) is 0 Å². The highest BCUT2D eigenvalue weighted by Crippen LogP contribution is 2.53. The molecule has 5 atom stereocenters. The quantitative estimate of drug-likeness (QED) is 0.739. The number of carboxylic acid groups (broad SMARTS) is 1. The summed E-state index contributed by atoms with van der Waals surface area (Å²) in [4.78, 5) is 24.0. The highest BCUT2D eigenvalue weighted by molar-refractivity contribution is 5.94. The van der Waals surface area contributed by atoms with Crippen LogP contribution in [0.25, 0.3) is 0 Å². The van der Waals surface area contributed by atoms with Gasteiger partial charge in [0.1, 0.15) is 5.75 Å². The summed E-state index contributed by atoms with van der Waals surface area (Å²) in [6, 6.07) is 7.83. The summed E-state index contributed by atoms with van der Waals surface area (Å²) in [5.74, 6) is 2.95. The maximum Gasteiger partial charge on any atom is 0.306 e. The Balaban J connectivity index is 1.17. The third kappa shape index (κ3) is 3.95. The second-order valence-corrected chi connectivity index (χ2v) is 10.1. The van der Waals surface area contributed by atoms with Crippen molar-refractivity contribution in [2.24, 2.45) is 29.6 Å². The Labute approximate surface area is 178 Å². The van der Waals surface area contributed by atoms with E-state index >= 15 is 0 Å². The van der Waals surface area contributed by atoms with Crippen molar-refractivity contribution < 1.29 is 19.4 Å². The summed E-state index contributed by atoms with van der Waals surface area (Å²) in [5.41, 5.74) is 0.700. The van der Waals surface area contributed by atoms with Crippen LogP contribution in [-0.4, -0.2) is 29.1 Å². The molecule has 5 rings (SSSR count). The molecule has 4 fully saturated rings. The molecule has 5 unspecified atom stereocenters. The number of carbonyl (C=O) groups is 2. The fourth-order valence-corrected chi connectivity index (χ4v) is 6.88. The van der Waals surface area contributed by atoms with Crippen molar-refractivity contribution in [3.63, 3.8) is 0 Å². The maximum absolute atomic E-state index is 12.9. The number of rotatable bonds is 5. The van der Waals surface area contributed by atoms with Crippen molar-refractivity contribution in [1.82, 2.24) is 5.32 Å². The number of hydrogen-bond acceptors (Lipinski definition) is 3. The van der Waals surface area contributed by atoms with Crippen LogP contribution in [0.4, 0.5) is 0 Å². The van der Waals surface area contributed by atoms with Gasteiger partial charge in [-0.1, -0.05) is 12.8 Å². The van der Waals surface area contributed by atoms with E-state index in [4.69, 9.17) is 9.84 Å². The van der Waals surface area contributed by atoms with Gasteiger partial charge in [-0.05, 0) is 99.3 Å². The van der Waals surface area contributed by atoms with Crippen molar-refractivity contribution in [3.8, 4) is 5.75 Å². The number of amides is 1. The summed E-state index contributed by atoms with van der Waals surface area (Å²) in [6.07, 6.45) is 10.9. The molecule has 1 aromatic carbocycles. The van der Waals surface area contributed by atoms with Gasteiger partial charge in [-0.2, -0.15) is 0 Å². The highest BCUT2D eigenvalue weighted by Gasteiger charge is 2.49. The van der Waals surface area contributed by atoms with Gasteiger partial charge < -0.3 is 15.2 Å². The third-order valence-corrected chi connectivity index (χ3v) is 8.34. The molecule has 0 radical (unpaired) electrons. The number of carbonyl (C=O) groups excluding carboxylic acids is 1. The van der Waals surface area contributed by atoms with Gasteiger partial charge in [0.25, 0.3) is 5.91 Å². The van der Waals surface area contributed by atoms with Crippen LogP contribution in [-0.2, 0) is 4.79 Å². The number of nitrogens with one attached hydrogen (secondary N) is 1. The zero-order chi connectivity index (χ0) is 20.7. The molecule has 4 aliphatic rings. The molecule has 0 heterocycles. The second kappa shape index (κ2) is 8.24. The molecule has 0 saturated heterocycles. The normalized spacial score (nSPS) is 37.4. The first-order chi connectivity index (χ1) is 14.6. The minimum atomic E-state index is -0.696. The molecule has 5 nitrogen and oxygen atoms in total. The van der Waals surface area contributed by atoms with Crippen LogP contribution in [0.1, 0.15) is 74.6 Å². The van der Waals surface area contributed by atoms with E-state index in [1.54, 1.807) is 0 Å². The number of carboxylic acids is 1. The molecule has 0 spiro atoms. The fraction of sp³-hybridized carbons (Fsp3) is 0.680. The van der Waals surface area contributed by atoms with Crippen LogP contribution in [0.3, 0.4) is 0 Å². The fourth-order valence-electron chi connectivity index (χ4n) is 6.88.